The van der Waals surface area contributed by atoms with Gasteiger partial charge in [0.25, 0.3) is 0 Å². The van der Waals surface area contributed by atoms with Gasteiger partial charge in [-0.05, 0) is 36.8 Å². The molecule has 1 fully saturated rings. The van der Waals surface area contributed by atoms with Crippen molar-refractivity contribution in [3.8, 4) is 6.07 Å². The number of halogens is 1. The van der Waals surface area contributed by atoms with E-state index in [0.717, 1.165) is 31.2 Å². The number of aromatic nitrogens is 1. The molecule has 2 atom stereocenters. The first kappa shape index (κ1) is 13.4. The third-order valence-electron chi connectivity index (χ3n) is 4.15. The molecule has 2 nitrogen and oxygen atoms in total. The molecule has 0 saturated heterocycles. The molecule has 0 spiro atoms. The third-order valence-corrected chi connectivity index (χ3v) is 4.49. The first-order valence-corrected chi connectivity index (χ1v) is 7.06. The van der Waals surface area contributed by atoms with Crippen LogP contribution in [0.4, 0.5) is 0 Å². The molecule has 0 amide bonds. The minimum atomic E-state index is -0.218. The Morgan fingerprint density at radius 3 is 3.11 bits per heavy atom. The Morgan fingerprint density at radius 1 is 1.61 bits per heavy atom. The second kappa shape index (κ2) is 5.71. The topological polar surface area (TPSA) is 36.7 Å². The molecule has 1 aromatic rings. The van der Waals surface area contributed by atoms with Gasteiger partial charge in [0.15, 0.2) is 0 Å². The van der Waals surface area contributed by atoms with Crippen LogP contribution in [0.1, 0.15) is 44.6 Å². The molecule has 2 rings (SSSR count). The number of hydrogen-bond donors (Lipinski definition) is 0. The molecule has 1 heterocycles. The van der Waals surface area contributed by atoms with E-state index >= 15 is 0 Å². The van der Waals surface area contributed by atoms with Gasteiger partial charge < -0.3 is 0 Å². The van der Waals surface area contributed by atoms with Crippen molar-refractivity contribution in [1.82, 2.24) is 4.98 Å². The van der Waals surface area contributed by atoms with Crippen molar-refractivity contribution in [1.29, 1.82) is 5.26 Å². The second-order valence-corrected chi connectivity index (χ2v) is 5.81. The summed E-state index contributed by atoms with van der Waals surface area (Å²) in [7, 11) is 0. The molecule has 1 aromatic heterocycles. The van der Waals surface area contributed by atoms with E-state index in [4.69, 9.17) is 11.6 Å². The second-order valence-electron chi connectivity index (χ2n) is 5.41. The zero-order chi connectivity index (χ0) is 13.0. The van der Waals surface area contributed by atoms with Gasteiger partial charge in [0, 0.05) is 12.4 Å². The Kier molecular flexibility index (Phi) is 4.24. The summed E-state index contributed by atoms with van der Waals surface area (Å²) in [6.45, 7) is 2.22. The van der Waals surface area contributed by atoms with Crippen LogP contribution in [0, 0.1) is 22.7 Å². The van der Waals surface area contributed by atoms with Crippen LogP contribution in [0.15, 0.2) is 18.5 Å². The number of pyridine rings is 1. The van der Waals surface area contributed by atoms with E-state index in [1.54, 1.807) is 12.4 Å². The molecular weight excluding hydrogens is 244 g/mol. The highest BCUT2D eigenvalue weighted by atomic mass is 35.5. The van der Waals surface area contributed by atoms with Crippen LogP contribution < -0.4 is 0 Å². The van der Waals surface area contributed by atoms with Gasteiger partial charge in [-0.25, -0.2) is 0 Å². The summed E-state index contributed by atoms with van der Waals surface area (Å²) in [5.41, 5.74) is 0.842. The summed E-state index contributed by atoms with van der Waals surface area (Å²) >= 11 is 6.16. The molecule has 0 radical (unpaired) electrons. The molecular formula is C15H19ClN2. The van der Waals surface area contributed by atoms with Crippen LogP contribution in [0.25, 0.3) is 0 Å². The zero-order valence-electron chi connectivity index (χ0n) is 10.8. The Labute approximate surface area is 114 Å². The van der Waals surface area contributed by atoms with Gasteiger partial charge in [-0.15, -0.1) is 0 Å². The zero-order valence-corrected chi connectivity index (χ0v) is 11.6. The summed E-state index contributed by atoms with van der Waals surface area (Å²) in [4.78, 5) is 4.00. The maximum atomic E-state index is 9.60. The fraction of sp³-hybridized carbons (Fsp3) is 0.600. The molecule has 0 N–H and O–H groups in total. The fourth-order valence-corrected chi connectivity index (χ4v) is 3.23. The monoisotopic (exact) mass is 262 g/mol. The van der Waals surface area contributed by atoms with Crippen molar-refractivity contribution in [3.63, 3.8) is 0 Å². The lowest BCUT2D eigenvalue weighted by Crippen LogP contribution is -2.29. The number of rotatable bonds is 3. The average molecular weight is 263 g/mol. The van der Waals surface area contributed by atoms with Crippen LogP contribution in [-0.2, 0) is 6.42 Å². The van der Waals surface area contributed by atoms with Crippen molar-refractivity contribution < 1.29 is 0 Å². The standard InChI is InChI=1S/C15H19ClN2/c1-2-12-4-3-6-15(8-12,11-17)9-13-5-7-18-10-14(13)16/h5,7,10,12H,2-4,6,8-9H2,1H3. The molecule has 1 aliphatic rings. The van der Waals surface area contributed by atoms with Crippen molar-refractivity contribution in [3.05, 3.63) is 29.0 Å². The normalized spacial score (nSPS) is 27.7. The van der Waals surface area contributed by atoms with Crippen molar-refractivity contribution in [2.45, 2.75) is 45.4 Å². The molecule has 0 bridgehead atoms. The van der Waals surface area contributed by atoms with Crippen molar-refractivity contribution >= 4 is 11.6 Å². The molecule has 0 aliphatic heterocycles. The van der Waals surface area contributed by atoms with Gasteiger partial charge in [-0.3, -0.25) is 4.98 Å². The van der Waals surface area contributed by atoms with Crippen LogP contribution in [-0.4, -0.2) is 4.98 Å². The van der Waals surface area contributed by atoms with Gasteiger partial charge in [-0.2, -0.15) is 5.26 Å². The summed E-state index contributed by atoms with van der Waals surface area (Å²) in [6, 6.07) is 4.52. The fourth-order valence-electron chi connectivity index (χ4n) is 3.05. The molecule has 18 heavy (non-hydrogen) atoms. The Morgan fingerprint density at radius 2 is 2.44 bits per heavy atom. The highest BCUT2D eigenvalue weighted by molar-refractivity contribution is 6.31. The smallest absolute Gasteiger partial charge is 0.0693 e. The van der Waals surface area contributed by atoms with Crippen LogP contribution in [0.3, 0.4) is 0 Å². The quantitative estimate of drug-likeness (QED) is 0.810. The predicted octanol–water partition coefficient (Wildman–Crippen LogP) is 4.39. The highest BCUT2D eigenvalue weighted by Crippen LogP contribution is 2.43. The van der Waals surface area contributed by atoms with E-state index in [-0.39, 0.29) is 5.41 Å². The van der Waals surface area contributed by atoms with E-state index in [2.05, 4.69) is 18.0 Å². The van der Waals surface area contributed by atoms with E-state index in [1.807, 2.05) is 6.07 Å². The van der Waals surface area contributed by atoms with Gasteiger partial charge in [-0.1, -0.05) is 37.8 Å². The Hall–Kier alpha value is -1.07. The Bertz CT molecular complexity index is 452. The Balaban J connectivity index is 2.19. The van der Waals surface area contributed by atoms with Crippen LogP contribution >= 0.6 is 11.6 Å². The molecule has 3 heteroatoms. The molecule has 1 saturated carbocycles. The van der Waals surface area contributed by atoms with Crippen molar-refractivity contribution in [2.75, 3.05) is 0 Å². The number of hydrogen-bond acceptors (Lipinski definition) is 2. The van der Waals surface area contributed by atoms with Gasteiger partial charge in [0.1, 0.15) is 0 Å². The summed E-state index contributed by atoms with van der Waals surface area (Å²) in [5, 5.41) is 10.3. The van der Waals surface area contributed by atoms with E-state index in [1.165, 1.54) is 12.8 Å². The van der Waals surface area contributed by atoms with Gasteiger partial charge in [0.2, 0.25) is 0 Å². The summed E-state index contributed by atoms with van der Waals surface area (Å²) < 4.78 is 0. The van der Waals surface area contributed by atoms with Gasteiger partial charge >= 0.3 is 0 Å². The molecule has 1 aliphatic carbocycles. The number of nitrogens with zero attached hydrogens (tertiary/aromatic N) is 2. The maximum absolute atomic E-state index is 9.60. The highest BCUT2D eigenvalue weighted by Gasteiger charge is 2.36. The first-order chi connectivity index (χ1) is 8.69. The summed E-state index contributed by atoms with van der Waals surface area (Å²) in [6.07, 6.45) is 9.81. The molecule has 0 aromatic carbocycles. The molecule has 96 valence electrons. The SMILES string of the molecule is CCC1CCCC(C#N)(Cc2ccncc2Cl)C1. The summed E-state index contributed by atoms with van der Waals surface area (Å²) in [5.74, 6) is 0.694. The lowest BCUT2D eigenvalue weighted by Gasteiger charge is -2.35. The van der Waals surface area contributed by atoms with Crippen LogP contribution in [0.5, 0.6) is 0 Å². The largest absolute Gasteiger partial charge is 0.263 e. The average Bonchev–Trinajstić information content (AvgIpc) is 2.42. The minimum absolute atomic E-state index is 0.218. The first-order valence-electron chi connectivity index (χ1n) is 6.69. The lowest BCUT2D eigenvalue weighted by molar-refractivity contribution is 0.194. The molecule has 2 unspecified atom stereocenters. The third kappa shape index (κ3) is 2.84. The van der Waals surface area contributed by atoms with E-state index < -0.39 is 0 Å². The maximum Gasteiger partial charge on any atom is 0.0693 e. The van der Waals surface area contributed by atoms with Crippen LogP contribution in [0.2, 0.25) is 5.02 Å². The van der Waals surface area contributed by atoms with Gasteiger partial charge in [0.05, 0.1) is 16.5 Å². The predicted molar refractivity (Wildman–Crippen MR) is 73.2 cm³/mol. The minimum Gasteiger partial charge on any atom is -0.263 e. The number of nitriles is 1. The lowest BCUT2D eigenvalue weighted by atomic mass is 9.67. The van der Waals surface area contributed by atoms with E-state index in [0.29, 0.717) is 10.9 Å². The van der Waals surface area contributed by atoms with Crippen molar-refractivity contribution in [2.24, 2.45) is 11.3 Å². The van der Waals surface area contributed by atoms with E-state index in [9.17, 15) is 5.26 Å².